The molecule has 0 saturated carbocycles. The SMILES string of the molecule is COc1cc(C)c(CNC2CCNC2)cc1OC. The van der Waals surface area contributed by atoms with Gasteiger partial charge in [-0.05, 0) is 43.1 Å². The van der Waals surface area contributed by atoms with Crippen LogP contribution in [0.25, 0.3) is 0 Å². The molecule has 0 bridgehead atoms. The minimum Gasteiger partial charge on any atom is -0.493 e. The first-order valence-corrected chi connectivity index (χ1v) is 6.40. The molecule has 4 nitrogen and oxygen atoms in total. The van der Waals surface area contributed by atoms with Gasteiger partial charge in [-0.2, -0.15) is 0 Å². The summed E-state index contributed by atoms with van der Waals surface area (Å²) < 4.78 is 10.6. The first kappa shape index (κ1) is 13.2. The van der Waals surface area contributed by atoms with E-state index >= 15 is 0 Å². The molecule has 0 radical (unpaired) electrons. The lowest BCUT2D eigenvalue weighted by atomic mass is 10.1. The number of ether oxygens (including phenoxy) is 2. The van der Waals surface area contributed by atoms with E-state index in [4.69, 9.17) is 9.47 Å². The largest absolute Gasteiger partial charge is 0.493 e. The van der Waals surface area contributed by atoms with Gasteiger partial charge in [-0.3, -0.25) is 0 Å². The molecule has 1 aliphatic heterocycles. The van der Waals surface area contributed by atoms with E-state index in [1.807, 2.05) is 6.07 Å². The molecule has 1 unspecified atom stereocenters. The van der Waals surface area contributed by atoms with Gasteiger partial charge in [0.1, 0.15) is 0 Å². The van der Waals surface area contributed by atoms with Crippen LogP contribution in [0.5, 0.6) is 11.5 Å². The molecule has 100 valence electrons. The zero-order valence-electron chi connectivity index (χ0n) is 11.4. The molecule has 1 saturated heterocycles. The van der Waals surface area contributed by atoms with Crippen molar-refractivity contribution in [2.75, 3.05) is 27.3 Å². The van der Waals surface area contributed by atoms with Crippen LogP contribution in [0.4, 0.5) is 0 Å². The summed E-state index contributed by atoms with van der Waals surface area (Å²) >= 11 is 0. The molecule has 0 aliphatic carbocycles. The summed E-state index contributed by atoms with van der Waals surface area (Å²) in [5, 5.41) is 6.93. The van der Waals surface area contributed by atoms with Gasteiger partial charge in [0, 0.05) is 19.1 Å². The van der Waals surface area contributed by atoms with Crippen molar-refractivity contribution in [3.8, 4) is 11.5 Å². The van der Waals surface area contributed by atoms with Gasteiger partial charge in [-0.15, -0.1) is 0 Å². The Hall–Kier alpha value is -1.26. The average molecular weight is 250 g/mol. The van der Waals surface area contributed by atoms with Gasteiger partial charge in [0.15, 0.2) is 11.5 Å². The van der Waals surface area contributed by atoms with Crippen molar-refractivity contribution >= 4 is 0 Å². The Labute approximate surface area is 109 Å². The second kappa shape index (κ2) is 6.07. The molecule has 1 aliphatic rings. The van der Waals surface area contributed by atoms with Crippen molar-refractivity contribution in [2.24, 2.45) is 0 Å². The number of nitrogens with one attached hydrogen (secondary N) is 2. The van der Waals surface area contributed by atoms with Gasteiger partial charge >= 0.3 is 0 Å². The summed E-state index contributed by atoms with van der Waals surface area (Å²) in [6.07, 6.45) is 1.20. The highest BCUT2D eigenvalue weighted by atomic mass is 16.5. The quantitative estimate of drug-likeness (QED) is 0.830. The zero-order chi connectivity index (χ0) is 13.0. The molecule has 0 aromatic heterocycles. The Bertz CT molecular complexity index is 401. The lowest BCUT2D eigenvalue weighted by molar-refractivity contribution is 0.354. The van der Waals surface area contributed by atoms with E-state index in [0.717, 1.165) is 31.1 Å². The van der Waals surface area contributed by atoms with Gasteiger partial charge in [0.05, 0.1) is 14.2 Å². The first-order valence-electron chi connectivity index (χ1n) is 6.40. The predicted molar refractivity (Wildman–Crippen MR) is 72.4 cm³/mol. The van der Waals surface area contributed by atoms with Crippen LogP contribution in [-0.4, -0.2) is 33.4 Å². The second-order valence-electron chi connectivity index (χ2n) is 4.70. The molecule has 1 aromatic rings. The Morgan fingerprint density at radius 2 is 2.00 bits per heavy atom. The number of hydrogen-bond acceptors (Lipinski definition) is 4. The molecule has 1 fully saturated rings. The standard InChI is InChI=1S/C14H22N2O2/c1-10-6-13(17-2)14(18-3)7-11(10)8-16-12-4-5-15-9-12/h6-7,12,15-16H,4-5,8-9H2,1-3H3. The van der Waals surface area contributed by atoms with E-state index in [9.17, 15) is 0 Å². The maximum absolute atomic E-state index is 5.34. The van der Waals surface area contributed by atoms with Crippen LogP contribution in [0.3, 0.4) is 0 Å². The average Bonchev–Trinajstić information content (AvgIpc) is 2.90. The molecule has 2 rings (SSSR count). The molecular formula is C14H22N2O2. The number of rotatable bonds is 5. The first-order chi connectivity index (χ1) is 8.74. The van der Waals surface area contributed by atoms with E-state index in [2.05, 4.69) is 23.6 Å². The molecule has 4 heteroatoms. The van der Waals surface area contributed by atoms with Crippen LogP contribution in [0, 0.1) is 6.92 Å². The van der Waals surface area contributed by atoms with Crippen LogP contribution in [0.1, 0.15) is 17.5 Å². The molecular weight excluding hydrogens is 228 g/mol. The van der Waals surface area contributed by atoms with Crippen molar-refractivity contribution < 1.29 is 9.47 Å². The third-order valence-electron chi connectivity index (χ3n) is 3.48. The maximum atomic E-state index is 5.34. The smallest absolute Gasteiger partial charge is 0.161 e. The summed E-state index contributed by atoms with van der Waals surface area (Å²) in [6.45, 7) is 5.15. The summed E-state index contributed by atoms with van der Waals surface area (Å²) in [5.41, 5.74) is 2.49. The van der Waals surface area contributed by atoms with E-state index in [1.165, 1.54) is 17.5 Å². The van der Waals surface area contributed by atoms with Crippen molar-refractivity contribution in [3.63, 3.8) is 0 Å². The fraction of sp³-hybridized carbons (Fsp3) is 0.571. The van der Waals surface area contributed by atoms with Crippen molar-refractivity contribution in [3.05, 3.63) is 23.3 Å². The number of methoxy groups -OCH3 is 2. The van der Waals surface area contributed by atoms with Crippen LogP contribution < -0.4 is 20.1 Å². The van der Waals surface area contributed by atoms with Crippen LogP contribution in [0.2, 0.25) is 0 Å². The lowest BCUT2D eigenvalue weighted by Crippen LogP contribution is -2.30. The van der Waals surface area contributed by atoms with Gasteiger partial charge in [0.2, 0.25) is 0 Å². The fourth-order valence-corrected chi connectivity index (χ4v) is 2.30. The van der Waals surface area contributed by atoms with E-state index in [-0.39, 0.29) is 0 Å². The molecule has 2 N–H and O–H groups in total. The topological polar surface area (TPSA) is 42.5 Å². The molecule has 1 atom stereocenters. The van der Waals surface area contributed by atoms with Gasteiger partial charge in [-0.25, -0.2) is 0 Å². The highest BCUT2D eigenvalue weighted by molar-refractivity contribution is 5.47. The number of aryl methyl sites for hydroxylation is 1. The Balaban J connectivity index is 2.06. The predicted octanol–water partition coefficient (Wildman–Crippen LogP) is 1.46. The Kier molecular flexibility index (Phi) is 4.44. The van der Waals surface area contributed by atoms with E-state index < -0.39 is 0 Å². The summed E-state index contributed by atoms with van der Waals surface area (Å²) in [6, 6.07) is 4.67. The minimum absolute atomic E-state index is 0.581. The van der Waals surface area contributed by atoms with Crippen LogP contribution >= 0.6 is 0 Å². The molecule has 18 heavy (non-hydrogen) atoms. The van der Waals surface area contributed by atoms with E-state index in [1.54, 1.807) is 14.2 Å². The molecule has 1 heterocycles. The van der Waals surface area contributed by atoms with Gasteiger partial charge in [0.25, 0.3) is 0 Å². The van der Waals surface area contributed by atoms with E-state index in [0.29, 0.717) is 6.04 Å². The lowest BCUT2D eigenvalue weighted by Gasteiger charge is -2.15. The molecule has 0 spiro atoms. The zero-order valence-corrected chi connectivity index (χ0v) is 11.4. The molecule has 1 aromatic carbocycles. The normalized spacial score (nSPS) is 18.9. The summed E-state index contributed by atoms with van der Waals surface area (Å²) in [4.78, 5) is 0. The highest BCUT2D eigenvalue weighted by Crippen LogP contribution is 2.30. The number of hydrogen-bond donors (Lipinski definition) is 2. The Morgan fingerprint density at radius 1 is 1.28 bits per heavy atom. The van der Waals surface area contributed by atoms with Gasteiger partial charge in [-0.1, -0.05) is 0 Å². The van der Waals surface area contributed by atoms with Crippen LogP contribution in [-0.2, 0) is 6.54 Å². The Morgan fingerprint density at radius 3 is 2.61 bits per heavy atom. The number of benzene rings is 1. The monoisotopic (exact) mass is 250 g/mol. The van der Waals surface area contributed by atoms with Crippen molar-refractivity contribution in [1.82, 2.24) is 10.6 Å². The highest BCUT2D eigenvalue weighted by Gasteiger charge is 2.14. The summed E-state index contributed by atoms with van der Waals surface area (Å²) in [7, 11) is 3.34. The van der Waals surface area contributed by atoms with Crippen molar-refractivity contribution in [2.45, 2.75) is 25.9 Å². The third-order valence-corrected chi connectivity index (χ3v) is 3.48. The second-order valence-corrected chi connectivity index (χ2v) is 4.70. The van der Waals surface area contributed by atoms with Crippen LogP contribution in [0.15, 0.2) is 12.1 Å². The fourth-order valence-electron chi connectivity index (χ4n) is 2.30. The van der Waals surface area contributed by atoms with Crippen molar-refractivity contribution in [1.29, 1.82) is 0 Å². The minimum atomic E-state index is 0.581. The maximum Gasteiger partial charge on any atom is 0.161 e. The molecule has 0 amide bonds. The third kappa shape index (κ3) is 2.94. The van der Waals surface area contributed by atoms with Gasteiger partial charge < -0.3 is 20.1 Å². The summed E-state index contributed by atoms with van der Waals surface area (Å²) in [5.74, 6) is 1.59.